The first-order valence-electron chi connectivity index (χ1n) is 5.69. The van der Waals surface area contributed by atoms with E-state index in [4.69, 9.17) is 0 Å². The fourth-order valence-corrected chi connectivity index (χ4v) is 1.92. The van der Waals surface area contributed by atoms with Gasteiger partial charge in [-0.3, -0.25) is 9.78 Å². The molecule has 0 radical (unpaired) electrons. The second-order valence-electron chi connectivity index (χ2n) is 4.22. The molecule has 0 aromatic carbocycles. The summed E-state index contributed by atoms with van der Waals surface area (Å²) in [7, 11) is 0. The van der Waals surface area contributed by atoms with Crippen molar-refractivity contribution in [2.75, 3.05) is 18.4 Å². The lowest BCUT2D eigenvalue weighted by Crippen LogP contribution is -2.37. The summed E-state index contributed by atoms with van der Waals surface area (Å²) in [5.74, 6) is 0.211. The summed E-state index contributed by atoms with van der Waals surface area (Å²) in [5.41, 5.74) is 1.87. The van der Waals surface area contributed by atoms with Gasteiger partial charge in [-0.1, -0.05) is 0 Å². The van der Waals surface area contributed by atoms with E-state index in [1.807, 2.05) is 13.0 Å². The molecule has 16 heavy (non-hydrogen) atoms. The number of piperidine rings is 1. The molecule has 0 spiro atoms. The van der Waals surface area contributed by atoms with Gasteiger partial charge in [-0.05, 0) is 37.9 Å². The Kier molecular flexibility index (Phi) is 3.51. The zero-order chi connectivity index (χ0) is 11.4. The number of carbonyl (C=O) groups excluding carboxylic acids is 1. The molecule has 0 aliphatic carbocycles. The molecule has 2 heterocycles. The van der Waals surface area contributed by atoms with Gasteiger partial charge in [0.1, 0.15) is 0 Å². The van der Waals surface area contributed by atoms with Gasteiger partial charge in [0.05, 0.1) is 5.92 Å². The number of pyridine rings is 1. The number of aryl methyl sites for hydroxylation is 1. The lowest BCUT2D eigenvalue weighted by molar-refractivity contribution is -0.120. The molecule has 1 fully saturated rings. The minimum Gasteiger partial charge on any atom is -0.325 e. The minimum atomic E-state index is 0.0984. The number of nitrogens with one attached hydrogen (secondary N) is 2. The van der Waals surface area contributed by atoms with Crippen molar-refractivity contribution in [1.29, 1.82) is 0 Å². The van der Waals surface area contributed by atoms with Crippen LogP contribution in [0.1, 0.15) is 18.4 Å². The van der Waals surface area contributed by atoms with Crippen molar-refractivity contribution in [1.82, 2.24) is 10.3 Å². The summed E-state index contributed by atoms with van der Waals surface area (Å²) >= 11 is 0. The van der Waals surface area contributed by atoms with E-state index >= 15 is 0 Å². The van der Waals surface area contributed by atoms with Crippen molar-refractivity contribution in [2.24, 2.45) is 5.92 Å². The van der Waals surface area contributed by atoms with Gasteiger partial charge in [-0.2, -0.15) is 0 Å². The van der Waals surface area contributed by atoms with E-state index in [1.54, 1.807) is 12.4 Å². The summed E-state index contributed by atoms with van der Waals surface area (Å²) in [4.78, 5) is 15.9. The third-order valence-electron chi connectivity index (χ3n) is 2.95. The summed E-state index contributed by atoms with van der Waals surface area (Å²) in [6, 6.07) is 1.84. The summed E-state index contributed by atoms with van der Waals surface area (Å²) < 4.78 is 0. The first-order chi connectivity index (χ1) is 7.77. The molecule has 0 unspecified atom stereocenters. The maximum atomic E-state index is 11.9. The van der Waals surface area contributed by atoms with Gasteiger partial charge in [-0.25, -0.2) is 0 Å². The maximum Gasteiger partial charge on any atom is 0.228 e. The molecular weight excluding hydrogens is 202 g/mol. The first-order valence-corrected chi connectivity index (χ1v) is 5.69. The van der Waals surface area contributed by atoms with Crippen LogP contribution in [-0.4, -0.2) is 24.0 Å². The number of hydrogen-bond donors (Lipinski definition) is 2. The standard InChI is InChI=1S/C12H17N3O/c1-9-7-14-6-4-11(9)15-12(16)10-3-2-5-13-8-10/h4,6-7,10,13H,2-3,5,8H2,1H3,(H,14,15,16)/t10-/m1/s1. The second kappa shape index (κ2) is 5.07. The molecule has 0 bridgehead atoms. The quantitative estimate of drug-likeness (QED) is 0.789. The fourth-order valence-electron chi connectivity index (χ4n) is 1.92. The molecule has 1 aliphatic heterocycles. The smallest absolute Gasteiger partial charge is 0.228 e. The maximum absolute atomic E-state index is 11.9. The monoisotopic (exact) mass is 219 g/mol. The molecule has 2 rings (SSSR count). The van der Waals surface area contributed by atoms with Crippen molar-refractivity contribution in [3.63, 3.8) is 0 Å². The van der Waals surface area contributed by atoms with E-state index in [9.17, 15) is 4.79 Å². The Morgan fingerprint density at radius 3 is 3.19 bits per heavy atom. The van der Waals surface area contributed by atoms with Crippen LogP contribution in [0.15, 0.2) is 18.5 Å². The highest BCUT2D eigenvalue weighted by molar-refractivity contribution is 5.93. The second-order valence-corrected chi connectivity index (χ2v) is 4.22. The molecular formula is C12H17N3O. The van der Waals surface area contributed by atoms with Gasteiger partial charge >= 0.3 is 0 Å². The van der Waals surface area contributed by atoms with Crippen molar-refractivity contribution < 1.29 is 4.79 Å². The SMILES string of the molecule is Cc1cnccc1NC(=O)[C@@H]1CCCNC1. The van der Waals surface area contributed by atoms with E-state index in [1.165, 1.54) is 0 Å². The summed E-state index contributed by atoms with van der Waals surface area (Å²) in [6.07, 6.45) is 5.51. The van der Waals surface area contributed by atoms with Crippen molar-refractivity contribution in [3.05, 3.63) is 24.0 Å². The van der Waals surface area contributed by atoms with Gasteiger partial charge < -0.3 is 10.6 Å². The number of hydrogen-bond acceptors (Lipinski definition) is 3. The third kappa shape index (κ3) is 2.58. The summed E-state index contributed by atoms with van der Waals surface area (Å²) in [5, 5.41) is 6.20. The van der Waals surface area contributed by atoms with E-state index in [0.29, 0.717) is 0 Å². The Labute approximate surface area is 95.5 Å². The molecule has 1 saturated heterocycles. The lowest BCUT2D eigenvalue weighted by Gasteiger charge is -2.22. The number of carbonyl (C=O) groups is 1. The Bertz CT molecular complexity index is 372. The van der Waals surface area contributed by atoms with Crippen molar-refractivity contribution >= 4 is 11.6 Å². The molecule has 1 aromatic heterocycles. The average Bonchev–Trinajstić information content (AvgIpc) is 2.33. The predicted molar refractivity (Wildman–Crippen MR) is 63.2 cm³/mol. The van der Waals surface area contributed by atoms with Crippen LogP contribution in [0, 0.1) is 12.8 Å². The normalized spacial score (nSPS) is 20.4. The Morgan fingerprint density at radius 2 is 2.50 bits per heavy atom. The highest BCUT2D eigenvalue weighted by Gasteiger charge is 2.20. The fraction of sp³-hybridized carbons (Fsp3) is 0.500. The zero-order valence-corrected chi connectivity index (χ0v) is 9.49. The van der Waals surface area contributed by atoms with Crippen molar-refractivity contribution in [3.8, 4) is 0 Å². The van der Waals surface area contributed by atoms with E-state index < -0.39 is 0 Å². The molecule has 1 aromatic rings. The van der Waals surface area contributed by atoms with Crippen LogP contribution >= 0.6 is 0 Å². The highest BCUT2D eigenvalue weighted by atomic mass is 16.1. The first kappa shape index (κ1) is 11.1. The Balaban J connectivity index is 1.99. The molecule has 1 atom stereocenters. The lowest BCUT2D eigenvalue weighted by atomic mass is 9.98. The molecule has 4 heteroatoms. The Hall–Kier alpha value is -1.42. The minimum absolute atomic E-state index is 0.0984. The summed E-state index contributed by atoms with van der Waals surface area (Å²) in [6.45, 7) is 3.76. The molecule has 86 valence electrons. The van der Waals surface area contributed by atoms with Crippen LogP contribution in [0.3, 0.4) is 0 Å². The molecule has 1 aliphatic rings. The Morgan fingerprint density at radius 1 is 1.62 bits per heavy atom. The predicted octanol–water partition coefficient (Wildman–Crippen LogP) is 1.33. The van der Waals surface area contributed by atoms with Crippen LogP contribution in [0.2, 0.25) is 0 Å². The van der Waals surface area contributed by atoms with Crippen LogP contribution in [-0.2, 0) is 4.79 Å². The number of anilines is 1. The molecule has 0 saturated carbocycles. The molecule has 2 N–H and O–H groups in total. The number of amides is 1. The third-order valence-corrected chi connectivity index (χ3v) is 2.95. The van der Waals surface area contributed by atoms with E-state index in [-0.39, 0.29) is 11.8 Å². The number of nitrogens with zero attached hydrogens (tertiary/aromatic N) is 1. The van der Waals surface area contributed by atoms with Crippen LogP contribution in [0.4, 0.5) is 5.69 Å². The van der Waals surface area contributed by atoms with Gasteiger partial charge in [0.2, 0.25) is 5.91 Å². The van der Waals surface area contributed by atoms with Crippen LogP contribution in [0.25, 0.3) is 0 Å². The van der Waals surface area contributed by atoms with E-state index in [2.05, 4.69) is 15.6 Å². The van der Waals surface area contributed by atoms with Crippen molar-refractivity contribution in [2.45, 2.75) is 19.8 Å². The molecule has 1 amide bonds. The topological polar surface area (TPSA) is 54.0 Å². The van der Waals surface area contributed by atoms with Gasteiger partial charge in [0.15, 0.2) is 0 Å². The van der Waals surface area contributed by atoms with Gasteiger partial charge in [0.25, 0.3) is 0 Å². The van der Waals surface area contributed by atoms with Crippen LogP contribution in [0.5, 0.6) is 0 Å². The van der Waals surface area contributed by atoms with Gasteiger partial charge in [-0.15, -0.1) is 0 Å². The average molecular weight is 219 g/mol. The van der Waals surface area contributed by atoms with E-state index in [0.717, 1.165) is 37.2 Å². The number of aromatic nitrogens is 1. The van der Waals surface area contributed by atoms with Gasteiger partial charge in [0, 0.05) is 24.6 Å². The highest BCUT2D eigenvalue weighted by Crippen LogP contribution is 2.16. The largest absolute Gasteiger partial charge is 0.325 e. The number of rotatable bonds is 2. The zero-order valence-electron chi connectivity index (χ0n) is 9.49. The molecule has 4 nitrogen and oxygen atoms in total. The van der Waals surface area contributed by atoms with Crippen LogP contribution < -0.4 is 10.6 Å².